The van der Waals surface area contributed by atoms with Crippen LogP contribution in [0.1, 0.15) is 34.1 Å². The molecule has 0 heterocycles. The van der Waals surface area contributed by atoms with E-state index in [2.05, 4.69) is 5.32 Å². The average molecular weight is 228 g/mol. The fourth-order valence-corrected chi connectivity index (χ4v) is 0.981. The van der Waals surface area contributed by atoms with Gasteiger partial charge in [-0.15, -0.1) is 0 Å². The number of nitriles is 1. The van der Waals surface area contributed by atoms with E-state index in [1.807, 2.05) is 6.07 Å². The van der Waals surface area contributed by atoms with Gasteiger partial charge in [0.1, 0.15) is 11.1 Å². The predicted octanol–water partition coefficient (Wildman–Crippen LogP) is 1.83. The molecule has 92 valence electrons. The van der Waals surface area contributed by atoms with Crippen LogP contribution < -0.4 is 5.32 Å². The Morgan fingerprint density at radius 1 is 1.38 bits per heavy atom. The highest BCUT2D eigenvalue weighted by Crippen LogP contribution is 2.12. The van der Waals surface area contributed by atoms with Crippen molar-refractivity contribution in [1.82, 2.24) is 5.32 Å². The molecule has 0 bridgehead atoms. The summed E-state index contributed by atoms with van der Waals surface area (Å²) < 4.78 is 9.95. The molecule has 0 aliphatic heterocycles. The lowest BCUT2D eigenvalue weighted by molar-refractivity contribution is 0.0471. The number of rotatable bonds is 4. The molecule has 0 aliphatic rings. The Morgan fingerprint density at radius 3 is 2.31 bits per heavy atom. The van der Waals surface area contributed by atoms with E-state index in [4.69, 9.17) is 14.7 Å². The first-order chi connectivity index (χ1) is 7.22. The second kappa shape index (κ2) is 5.71. The van der Waals surface area contributed by atoms with Gasteiger partial charge in [0.05, 0.1) is 6.07 Å². The molecule has 0 radical (unpaired) electrons. The zero-order valence-corrected chi connectivity index (χ0v) is 10.6. The molecule has 1 N–H and O–H groups in total. The van der Waals surface area contributed by atoms with E-state index in [0.29, 0.717) is 13.0 Å². The van der Waals surface area contributed by atoms with E-state index in [0.717, 1.165) is 0 Å². The number of carbonyl (C=O) groups excluding carboxylic acids is 1. The van der Waals surface area contributed by atoms with Crippen LogP contribution in [0.3, 0.4) is 0 Å². The Bertz CT molecular complexity index is 278. The molecule has 5 nitrogen and oxygen atoms in total. The summed E-state index contributed by atoms with van der Waals surface area (Å²) in [6.45, 7) is 7.35. The van der Waals surface area contributed by atoms with Gasteiger partial charge in [-0.1, -0.05) is 0 Å². The van der Waals surface area contributed by atoms with Gasteiger partial charge >= 0.3 is 6.09 Å². The number of nitrogens with one attached hydrogen (secondary N) is 1. The maximum absolute atomic E-state index is 11.5. The standard InChI is InChI=1S/C11H20N2O3/c1-10(2,3)16-9(14)13-11(4,8-12)6-7-15-5/h6-7H2,1-5H3,(H,13,14). The lowest BCUT2D eigenvalue weighted by Gasteiger charge is -2.26. The first kappa shape index (κ1) is 14.7. The minimum atomic E-state index is -0.960. The fourth-order valence-electron chi connectivity index (χ4n) is 0.981. The highest BCUT2D eigenvalue weighted by atomic mass is 16.6. The van der Waals surface area contributed by atoms with E-state index in [-0.39, 0.29) is 0 Å². The van der Waals surface area contributed by atoms with Gasteiger partial charge in [-0.2, -0.15) is 5.26 Å². The number of alkyl carbamates (subject to hydrolysis) is 1. The summed E-state index contributed by atoms with van der Waals surface area (Å²) in [6.07, 6.45) is -0.174. The molecule has 0 aromatic rings. The van der Waals surface area contributed by atoms with Gasteiger partial charge in [0.25, 0.3) is 0 Å². The molecule has 1 amide bonds. The van der Waals surface area contributed by atoms with Crippen LogP contribution in [-0.2, 0) is 9.47 Å². The highest BCUT2D eigenvalue weighted by Gasteiger charge is 2.28. The van der Waals surface area contributed by atoms with Crippen LogP contribution in [0.4, 0.5) is 4.79 Å². The maximum atomic E-state index is 11.5. The lowest BCUT2D eigenvalue weighted by atomic mass is 10.0. The smallest absolute Gasteiger partial charge is 0.408 e. The molecule has 1 unspecified atom stereocenters. The minimum absolute atomic E-state index is 0.403. The van der Waals surface area contributed by atoms with E-state index in [1.54, 1.807) is 34.8 Å². The van der Waals surface area contributed by atoms with Gasteiger partial charge in [0, 0.05) is 20.1 Å². The molecule has 5 heteroatoms. The second-order valence-corrected chi connectivity index (χ2v) is 4.81. The van der Waals surface area contributed by atoms with Crippen molar-refractivity contribution in [1.29, 1.82) is 5.26 Å². The van der Waals surface area contributed by atoms with Gasteiger partial charge in [-0.05, 0) is 27.7 Å². The van der Waals surface area contributed by atoms with E-state index >= 15 is 0 Å². The van der Waals surface area contributed by atoms with Crippen LogP contribution in [-0.4, -0.2) is 30.9 Å². The molecule has 0 aromatic carbocycles. The third-order valence-electron chi connectivity index (χ3n) is 1.83. The molecule has 1 atom stereocenters. The third kappa shape index (κ3) is 6.25. The van der Waals surface area contributed by atoms with Crippen LogP contribution in [0.5, 0.6) is 0 Å². The molecule has 0 saturated carbocycles. The van der Waals surface area contributed by atoms with E-state index in [9.17, 15) is 4.79 Å². The number of carbonyl (C=O) groups is 1. The third-order valence-corrected chi connectivity index (χ3v) is 1.83. The van der Waals surface area contributed by atoms with Crippen LogP contribution in [0.25, 0.3) is 0 Å². The largest absolute Gasteiger partial charge is 0.444 e. The van der Waals surface area contributed by atoms with Gasteiger partial charge in [0.2, 0.25) is 0 Å². The Balaban J connectivity index is 4.33. The summed E-state index contributed by atoms with van der Waals surface area (Å²) >= 11 is 0. The summed E-state index contributed by atoms with van der Waals surface area (Å²) in [6, 6.07) is 2.04. The maximum Gasteiger partial charge on any atom is 0.408 e. The quantitative estimate of drug-likeness (QED) is 0.796. The summed E-state index contributed by atoms with van der Waals surface area (Å²) in [4.78, 5) is 11.5. The molecule has 0 aromatic heterocycles. The molecular weight excluding hydrogens is 208 g/mol. The zero-order valence-electron chi connectivity index (χ0n) is 10.6. The summed E-state index contributed by atoms with van der Waals surface area (Å²) in [5.41, 5.74) is -1.53. The Kier molecular flexibility index (Phi) is 5.25. The Hall–Kier alpha value is -1.28. The second-order valence-electron chi connectivity index (χ2n) is 4.81. The van der Waals surface area contributed by atoms with Crippen molar-refractivity contribution in [2.45, 2.75) is 45.3 Å². The van der Waals surface area contributed by atoms with Crippen LogP contribution >= 0.6 is 0 Å². The molecule has 0 saturated heterocycles. The molecule has 0 aliphatic carbocycles. The topological polar surface area (TPSA) is 71.3 Å². The molecule has 0 rings (SSSR count). The highest BCUT2D eigenvalue weighted by molar-refractivity contribution is 5.69. The first-order valence-corrected chi connectivity index (χ1v) is 5.14. The van der Waals surface area contributed by atoms with Crippen molar-refractivity contribution < 1.29 is 14.3 Å². The van der Waals surface area contributed by atoms with Gasteiger partial charge in [-0.25, -0.2) is 4.79 Å². The Labute approximate surface area is 96.7 Å². The van der Waals surface area contributed by atoms with Gasteiger partial charge in [-0.3, -0.25) is 0 Å². The van der Waals surface area contributed by atoms with Gasteiger partial charge < -0.3 is 14.8 Å². The summed E-state index contributed by atoms with van der Waals surface area (Å²) in [7, 11) is 1.55. The monoisotopic (exact) mass is 228 g/mol. The fraction of sp³-hybridized carbons (Fsp3) is 0.818. The number of hydrogen-bond acceptors (Lipinski definition) is 4. The summed E-state index contributed by atoms with van der Waals surface area (Å²) in [5, 5.41) is 11.5. The number of hydrogen-bond donors (Lipinski definition) is 1. The van der Waals surface area contributed by atoms with E-state index in [1.165, 1.54) is 0 Å². The van der Waals surface area contributed by atoms with Crippen molar-refractivity contribution in [3.8, 4) is 6.07 Å². The summed E-state index contributed by atoms with van der Waals surface area (Å²) in [5.74, 6) is 0. The van der Waals surface area contributed by atoms with Crippen molar-refractivity contribution in [2.24, 2.45) is 0 Å². The zero-order chi connectivity index (χ0) is 12.8. The number of methoxy groups -OCH3 is 1. The SMILES string of the molecule is COCCC(C)(C#N)NC(=O)OC(C)(C)C. The van der Waals surface area contributed by atoms with Crippen molar-refractivity contribution in [2.75, 3.05) is 13.7 Å². The normalized spacial score (nSPS) is 14.8. The average Bonchev–Trinajstić information content (AvgIpc) is 2.11. The molecule has 0 fully saturated rings. The predicted molar refractivity (Wildman–Crippen MR) is 59.9 cm³/mol. The van der Waals surface area contributed by atoms with Crippen molar-refractivity contribution in [3.05, 3.63) is 0 Å². The Morgan fingerprint density at radius 2 is 1.94 bits per heavy atom. The molecular formula is C11H20N2O3. The first-order valence-electron chi connectivity index (χ1n) is 5.14. The number of ether oxygens (including phenoxy) is 2. The number of amides is 1. The lowest BCUT2D eigenvalue weighted by Crippen LogP contribution is -2.47. The number of nitrogens with zero attached hydrogens (tertiary/aromatic N) is 1. The van der Waals surface area contributed by atoms with Gasteiger partial charge in [0.15, 0.2) is 0 Å². The van der Waals surface area contributed by atoms with E-state index < -0.39 is 17.2 Å². The van der Waals surface area contributed by atoms with Crippen LogP contribution in [0.2, 0.25) is 0 Å². The molecule has 0 spiro atoms. The van der Waals surface area contributed by atoms with Crippen LogP contribution in [0, 0.1) is 11.3 Å². The minimum Gasteiger partial charge on any atom is -0.444 e. The van der Waals surface area contributed by atoms with Crippen molar-refractivity contribution >= 4 is 6.09 Å². The van der Waals surface area contributed by atoms with Crippen LogP contribution in [0.15, 0.2) is 0 Å². The van der Waals surface area contributed by atoms with Crippen molar-refractivity contribution in [3.63, 3.8) is 0 Å². The molecule has 16 heavy (non-hydrogen) atoms.